The van der Waals surface area contributed by atoms with Crippen molar-refractivity contribution < 1.29 is 14.1 Å². The molecule has 0 spiro atoms. The number of carbonyl (C=O) groups is 1. The summed E-state index contributed by atoms with van der Waals surface area (Å²) in [5, 5.41) is 10.0. The lowest BCUT2D eigenvalue weighted by molar-refractivity contribution is 0.0999. The maximum Gasteiger partial charge on any atom is 0.315 e. The maximum atomic E-state index is 12.0. The van der Waals surface area contributed by atoms with Gasteiger partial charge in [-0.25, -0.2) is 4.79 Å². The van der Waals surface area contributed by atoms with E-state index >= 15 is 0 Å². The van der Waals surface area contributed by atoms with Crippen LogP contribution in [0.15, 0.2) is 28.8 Å². The average molecular weight is 337 g/mol. The number of halogens is 1. The number of nitrogens with one attached hydrogen (secondary N) is 2. The molecular formula is C15H17ClN4O3. The van der Waals surface area contributed by atoms with Crippen LogP contribution in [0.25, 0.3) is 0 Å². The van der Waals surface area contributed by atoms with Gasteiger partial charge in [-0.15, -0.1) is 0 Å². The van der Waals surface area contributed by atoms with Crippen molar-refractivity contribution in [2.75, 3.05) is 6.61 Å². The molecule has 122 valence electrons. The first-order chi connectivity index (χ1) is 11.1. The number of hydrogen-bond donors (Lipinski definition) is 2. The van der Waals surface area contributed by atoms with E-state index in [2.05, 4.69) is 20.8 Å². The van der Waals surface area contributed by atoms with Crippen LogP contribution < -0.4 is 10.6 Å². The zero-order valence-electron chi connectivity index (χ0n) is 12.6. The van der Waals surface area contributed by atoms with Gasteiger partial charge in [-0.2, -0.15) is 4.98 Å². The molecule has 2 amide bonds. The summed E-state index contributed by atoms with van der Waals surface area (Å²) in [4.78, 5) is 16.1. The second-order valence-corrected chi connectivity index (χ2v) is 5.73. The summed E-state index contributed by atoms with van der Waals surface area (Å²) in [6.45, 7) is 2.51. The largest absolute Gasteiger partial charge is 0.371 e. The summed E-state index contributed by atoms with van der Waals surface area (Å²) in [6.07, 6.45) is 0.576. The van der Waals surface area contributed by atoms with Crippen molar-refractivity contribution in [3.8, 4) is 0 Å². The van der Waals surface area contributed by atoms with Crippen molar-refractivity contribution in [3.05, 3.63) is 46.6 Å². The first-order valence-corrected chi connectivity index (χ1v) is 7.70. The summed E-state index contributed by atoms with van der Waals surface area (Å²) < 4.78 is 10.6. The summed E-state index contributed by atoms with van der Waals surface area (Å²) in [5.74, 6) is 0.906. The topological polar surface area (TPSA) is 89.3 Å². The number of hydrogen-bond acceptors (Lipinski definition) is 5. The molecule has 1 fully saturated rings. The van der Waals surface area contributed by atoms with E-state index < -0.39 is 0 Å². The first-order valence-electron chi connectivity index (χ1n) is 7.32. The smallest absolute Gasteiger partial charge is 0.315 e. The molecule has 1 aliphatic heterocycles. The highest BCUT2D eigenvalue weighted by Crippen LogP contribution is 2.29. The number of amides is 2. The molecule has 1 aliphatic rings. The highest BCUT2D eigenvalue weighted by Gasteiger charge is 2.30. The highest BCUT2D eigenvalue weighted by molar-refractivity contribution is 6.30. The first kappa shape index (κ1) is 15.8. The quantitative estimate of drug-likeness (QED) is 0.894. The van der Waals surface area contributed by atoms with E-state index in [-0.39, 0.29) is 24.7 Å². The highest BCUT2D eigenvalue weighted by atomic mass is 35.5. The van der Waals surface area contributed by atoms with Gasteiger partial charge in [0.25, 0.3) is 0 Å². The zero-order chi connectivity index (χ0) is 16.2. The van der Waals surface area contributed by atoms with Gasteiger partial charge in [0, 0.05) is 18.6 Å². The van der Waals surface area contributed by atoms with Gasteiger partial charge in [-0.1, -0.05) is 28.9 Å². The molecule has 2 unspecified atom stereocenters. The van der Waals surface area contributed by atoms with Crippen molar-refractivity contribution in [3.63, 3.8) is 0 Å². The molecule has 1 aromatic carbocycles. The summed E-state index contributed by atoms with van der Waals surface area (Å²) in [6, 6.07) is 7.06. The predicted octanol–water partition coefficient (Wildman–Crippen LogP) is 2.36. The molecule has 2 heterocycles. The lowest BCUT2D eigenvalue weighted by Crippen LogP contribution is -2.43. The van der Waals surface area contributed by atoms with Crippen LogP contribution in [0.2, 0.25) is 5.02 Å². The Morgan fingerprint density at radius 1 is 1.39 bits per heavy atom. The minimum absolute atomic E-state index is 0.0943. The number of benzene rings is 1. The monoisotopic (exact) mass is 336 g/mol. The van der Waals surface area contributed by atoms with Crippen LogP contribution in [0.3, 0.4) is 0 Å². The zero-order valence-corrected chi connectivity index (χ0v) is 13.3. The standard InChI is InChI=1S/C15H17ClN4O3/c1-9-18-13(20-23-9)8-17-15(21)19-12-6-7-22-14(12)10-2-4-11(16)5-3-10/h2-5,12,14H,6-8H2,1H3,(H2,17,19,21). The van der Waals surface area contributed by atoms with Gasteiger partial charge in [0.05, 0.1) is 12.6 Å². The van der Waals surface area contributed by atoms with Gasteiger partial charge in [-0.3, -0.25) is 0 Å². The van der Waals surface area contributed by atoms with Crippen molar-refractivity contribution >= 4 is 17.6 Å². The Kier molecular flexibility index (Phi) is 4.78. The van der Waals surface area contributed by atoms with Gasteiger partial charge < -0.3 is 19.9 Å². The van der Waals surface area contributed by atoms with E-state index in [0.29, 0.717) is 23.3 Å². The van der Waals surface area contributed by atoms with Crippen molar-refractivity contribution in [1.82, 2.24) is 20.8 Å². The average Bonchev–Trinajstić information content (AvgIpc) is 3.15. The van der Waals surface area contributed by atoms with Crippen LogP contribution in [-0.4, -0.2) is 28.8 Å². The molecule has 23 heavy (non-hydrogen) atoms. The van der Waals surface area contributed by atoms with E-state index in [9.17, 15) is 4.79 Å². The Hall–Kier alpha value is -2.12. The minimum Gasteiger partial charge on any atom is -0.371 e. The summed E-state index contributed by atoms with van der Waals surface area (Å²) in [5.41, 5.74) is 0.992. The molecule has 2 aromatic rings. The molecule has 0 aliphatic carbocycles. The number of aromatic nitrogens is 2. The number of ether oxygens (including phenoxy) is 1. The van der Waals surface area contributed by atoms with Crippen molar-refractivity contribution in [1.29, 1.82) is 0 Å². The molecule has 2 N–H and O–H groups in total. The van der Waals surface area contributed by atoms with Crippen LogP contribution in [0, 0.1) is 6.92 Å². The van der Waals surface area contributed by atoms with Crippen molar-refractivity contribution in [2.24, 2.45) is 0 Å². The maximum absolute atomic E-state index is 12.0. The van der Waals surface area contributed by atoms with Gasteiger partial charge in [0.1, 0.15) is 6.10 Å². The fraction of sp³-hybridized carbons (Fsp3) is 0.400. The fourth-order valence-corrected chi connectivity index (χ4v) is 2.64. The van der Waals surface area contributed by atoms with Crippen LogP contribution >= 0.6 is 11.6 Å². The van der Waals surface area contributed by atoms with Crippen LogP contribution in [0.4, 0.5) is 4.79 Å². The predicted molar refractivity (Wildman–Crippen MR) is 83.0 cm³/mol. The molecular weight excluding hydrogens is 320 g/mol. The number of aryl methyl sites for hydroxylation is 1. The molecule has 1 aromatic heterocycles. The van der Waals surface area contributed by atoms with Crippen LogP contribution in [0.1, 0.15) is 29.8 Å². The number of carbonyl (C=O) groups excluding carboxylic acids is 1. The fourth-order valence-electron chi connectivity index (χ4n) is 2.51. The third kappa shape index (κ3) is 4.00. The minimum atomic E-state index is -0.290. The van der Waals surface area contributed by atoms with Crippen LogP contribution in [0.5, 0.6) is 0 Å². The lowest BCUT2D eigenvalue weighted by Gasteiger charge is -2.20. The van der Waals surface area contributed by atoms with Crippen LogP contribution in [-0.2, 0) is 11.3 Å². The van der Waals surface area contributed by atoms with Gasteiger partial charge in [0.15, 0.2) is 5.82 Å². The van der Waals surface area contributed by atoms with E-state index in [1.807, 2.05) is 24.3 Å². The summed E-state index contributed by atoms with van der Waals surface area (Å²) >= 11 is 5.90. The molecule has 0 saturated carbocycles. The third-order valence-electron chi connectivity index (χ3n) is 3.58. The molecule has 0 radical (unpaired) electrons. The Labute approximate surface area is 138 Å². The number of urea groups is 1. The van der Waals surface area contributed by atoms with E-state index in [1.54, 1.807) is 6.92 Å². The van der Waals surface area contributed by atoms with E-state index in [4.69, 9.17) is 20.9 Å². The van der Waals surface area contributed by atoms with Crippen molar-refractivity contribution in [2.45, 2.75) is 32.0 Å². The molecule has 0 bridgehead atoms. The summed E-state index contributed by atoms with van der Waals surface area (Å²) in [7, 11) is 0. The Morgan fingerprint density at radius 2 is 2.17 bits per heavy atom. The van der Waals surface area contributed by atoms with Gasteiger partial charge in [0.2, 0.25) is 5.89 Å². The normalized spacial score (nSPS) is 20.4. The third-order valence-corrected chi connectivity index (χ3v) is 3.84. The van der Waals surface area contributed by atoms with Gasteiger partial charge in [-0.05, 0) is 24.1 Å². The second kappa shape index (κ2) is 6.97. The Morgan fingerprint density at radius 3 is 2.87 bits per heavy atom. The second-order valence-electron chi connectivity index (χ2n) is 5.29. The number of nitrogens with zero attached hydrogens (tertiary/aromatic N) is 2. The Balaban J connectivity index is 1.55. The Bertz CT molecular complexity index is 674. The van der Waals surface area contributed by atoms with E-state index in [1.165, 1.54) is 0 Å². The molecule has 8 heteroatoms. The lowest BCUT2D eigenvalue weighted by atomic mass is 10.0. The molecule has 1 saturated heterocycles. The number of rotatable bonds is 4. The molecule has 3 rings (SSSR count). The molecule has 2 atom stereocenters. The molecule has 7 nitrogen and oxygen atoms in total. The van der Waals surface area contributed by atoms with E-state index in [0.717, 1.165) is 12.0 Å². The van der Waals surface area contributed by atoms with Gasteiger partial charge >= 0.3 is 6.03 Å². The SMILES string of the molecule is Cc1nc(CNC(=O)NC2CCOC2c2ccc(Cl)cc2)no1.